The second-order valence-corrected chi connectivity index (χ2v) is 5.06. The number of methoxy groups -OCH3 is 1. The highest BCUT2D eigenvalue weighted by atomic mass is 35.5. The van der Waals surface area contributed by atoms with Gasteiger partial charge in [-0.3, -0.25) is 4.98 Å². The quantitative estimate of drug-likeness (QED) is 0.927. The van der Waals surface area contributed by atoms with Gasteiger partial charge in [0.15, 0.2) is 0 Å². The maximum Gasteiger partial charge on any atom is 0.237 e. The highest BCUT2D eigenvalue weighted by Gasteiger charge is 2.20. The molecule has 2 heterocycles. The molecule has 2 aromatic rings. The van der Waals surface area contributed by atoms with Gasteiger partial charge in [0.25, 0.3) is 0 Å². The van der Waals surface area contributed by atoms with E-state index in [0.29, 0.717) is 5.88 Å². The molecule has 0 aliphatic heterocycles. The largest absolute Gasteiger partial charge is 0.480 e. The zero-order valence-corrected chi connectivity index (χ0v) is 11.0. The van der Waals surface area contributed by atoms with Crippen molar-refractivity contribution in [1.82, 2.24) is 15.3 Å². The molecule has 0 radical (unpaired) electrons. The van der Waals surface area contributed by atoms with Gasteiger partial charge in [-0.15, -0.1) is 11.3 Å². The fourth-order valence-electron chi connectivity index (χ4n) is 1.59. The summed E-state index contributed by atoms with van der Waals surface area (Å²) in [5.41, 5.74) is 0.760. The van der Waals surface area contributed by atoms with Crippen molar-refractivity contribution in [3.63, 3.8) is 0 Å². The molecule has 0 spiro atoms. The smallest absolute Gasteiger partial charge is 0.237 e. The first kappa shape index (κ1) is 12.3. The number of thiophene rings is 1. The molecule has 2 aromatic heterocycles. The number of hydrogen-bond donors (Lipinski definition) is 1. The van der Waals surface area contributed by atoms with Crippen LogP contribution < -0.4 is 10.1 Å². The molecular weight excluding hydrogens is 258 g/mol. The molecular formula is C11H12ClN3OS. The maximum absolute atomic E-state index is 5.95. The SMILES string of the molecule is CNC(c1ccc(Cl)s1)c1nccnc1OC. The Bertz CT molecular complexity index is 503. The normalized spacial score (nSPS) is 12.4. The Balaban J connectivity index is 2.41. The van der Waals surface area contributed by atoms with Crippen LogP contribution in [0.3, 0.4) is 0 Å². The molecule has 1 unspecified atom stereocenters. The summed E-state index contributed by atoms with van der Waals surface area (Å²) in [4.78, 5) is 9.55. The summed E-state index contributed by atoms with van der Waals surface area (Å²) in [6.07, 6.45) is 3.26. The van der Waals surface area contributed by atoms with Crippen molar-refractivity contribution in [2.24, 2.45) is 0 Å². The van der Waals surface area contributed by atoms with Gasteiger partial charge < -0.3 is 10.1 Å². The average Bonchev–Trinajstić information content (AvgIpc) is 2.77. The summed E-state index contributed by atoms with van der Waals surface area (Å²) in [5.74, 6) is 0.524. The van der Waals surface area contributed by atoms with Crippen LogP contribution in [0.4, 0.5) is 0 Å². The van der Waals surface area contributed by atoms with Crippen molar-refractivity contribution < 1.29 is 4.74 Å². The molecule has 0 fully saturated rings. The van der Waals surface area contributed by atoms with Gasteiger partial charge >= 0.3 is 0 Å². The van der Waals surface area contributed by atoms with Gasteiger partial charge in [-0.2, -0.15) is 0 Å². The third-order valence-electron chi connectivity index (χ3n) is 2.33. The van der Waals surface area contributed by atoms with Gasteiger partial charge in [-0.1, -0.05) is 11.6 Å². The van der Waals surface area contributed by atoms with E-state index in [-0.39, 0.29) is 6.04 Å². The monoisotopic (exact) mass is 269 g/mol. The van der Waals surface area contributed by atoms with Crippen molar-refractivity contribution in [1.29, 1.82) is 0 Å². The van der Waals surface area contributed by atoms with Crippen LogP contribution in [0.5, 0.6) is 5.88 Å². The van der Waals surface area contributed by atoms with Crippen LogP contribution in [-0.4, -0.2) is 24.1 Å². The first-order chi connectivity index (χ1) is 8.26. The Morgan fingerprint density at radius 2 is 2.12 bits per heavy atom. The molecule has 2 rings (SSSR count). The van der Waals surface area contributed by atoms with Crippen molar-refractivity contribution in [3.05, 3.63) is 39.4 Å². The Kier molecular flexibility index (Phi) is 3.93. The van der Waals surface area contributed by atoms with Gasteiger partial charge in [-0.05, 0) is 19.2 Å². The minimum absolute atomic E-state index is 0.0591. The zero-order valence-electron chi connectivity index (χ0n) is 9.48. The minimum atomic E-state index is -0.0591. The molecule has 0 aromatic carbocycles. The Labute approximate surface area is 109 Å². The van der Waals surface area contributed by atoms with E-state index in [0.717, 1.165) is 14.9 Å². The van der Waals surface area contributed by atoms with Gasteiger partial charge in [0.2, 0.25) is 5.88 Å². The topological polar surface area (TPSA) is 47.0 Å². The molecule has 4 nitrogen and oxygen atoms in total. The van der Waals surface area contributed by atoms with Crippen LogP contribution in [0.15, 0.2) is 24.5 Å². The minimum Gasteiger partial charge on any atom is -0.480 e. The summed E-state index contributed by atoms with van der Waals surface area (Å²) in [6, 6.07) is 3.79. The third-order valence-corrected chi connectivity index (χ3v) is 3.62. The first-order valence-electron chi connectivity index (χ1n) is 5.03. The van der Waals surface area contributed by atoms with E-state index in [1.807, 2.05) is 19.2 Å². The summed E-state index contributed by atoms with van der Waals surface area (Å²) in [6.45, 7) is 0. The van der Waals surface area contributed by atoms with E-state index >= 15 is 0 Å². The van der Waals surface area contributed by atoms with E-state index in [1.54, 1.807) is 19.5 Å². The molecule has 0 aliphatic carbocycles. The van der Waals surface area contributed by atoms with Crippen molar-refractivity contribution in [2.75, 3.05) is 14.2 Å². The number of rotatable bonds is 4. The molecule has 0 bridgehead atoms. The van der Waals surface area contributed by atoms with Gasteiger partial charge in [0.1, 0.15) is 5.69 Å². The van der Waals surface area contributed by atoms with Crippen LogP contribution in [-0.2, 0) is 0 Å². The lowest BCUT2D eigenvalue weighted by molar-refractivity contribution is 0.384. The predicted molar refractivity (Wildman–Crippen MR) is 68.8 cm³/mol. The second-order valence-electron chi connectivity index (χ2n) is 3.31. The van der Waals surface area contributed by atoms with Crippen LogP contribution in [0.2, 0.25) is 4.34 Å². The van der Waals surface area contributed by atoms with Crippen LogP contribution in [0.25, 0.3) is 0 Å². The molecule has 1 atom stereocenters. The second kappa shape index (κ2) is 5.44. The van der Waals surface area contributed by atoms with E-state index in [4.69, 9.17) is 16.3 Å². The number of aromatic nitrogens is 2. The Morgan fingerprint density at radius 3 is 2.71 bits per heavy atom. The number of ether oxygens (including phenoxy) is 1. The van der Waals surface area contributed by atoms with Gasteiger partial charge in [0.05, 0.1) is 17.5 Å². The zero-order chi connectivity index (χ0) is 12.3. The first-order valence-corrected chi connectivity index (χ1v) is 6.23. The molecule has 0 aliphatic rings. The molecule has 0 saturated heterocycles. The highest BCUT2D eigenvalue weighted by molar-refractivity contribution is 7.16. The van der Waals surface area contributed by atoms with Crippen LogP contribution >= 0.6 is 22.9 Å². The van der Waals surface area contributed by atoms with Crippen molar-refractivity contribution >= 4 is 22.9 Å². The highest BCUT2D eigenvalue weighted by Crippen LogP contribution is 2.32. The standard InChI is InChI=1S/C11H12ClN3OS/c1-13-9(7-3-4-8(12)17-7)10-11(16-2)15-6-5-14-10/h3-6,9,13H,1-2H3. The Hall–Kier alpha value is -1.17. The molecule has 0 amide bonds. The number of nitrogens with zero attached hydrogens (tertiary/aromatic N) is 2. The summed E-state index contributed by atoms with van der Waals surface area (Å²) >= 11 is 7.46. The van der Waals surface area contributed by atoms with Crippen molar-refractivity contribution in [3.8, 4) is 5.88 Å². The molecule has 1 N–H and O–H groups in total. The van der Waals surface area contributed by atoms with E-state index in [1.165, 1.54) is 11.3 Å². The average molecular weight is 270 g/mol. The number of halogens is 1. The molecule has 6 heteroatoms. The van der Waals surface area contributed by atoms with Crippen LogP contribution in [0, 0.1) is 0 Å². The lowest BCUT2D eigenvalue weighted by atomic mass is 10.1. The van der Waals surface area contributed by atoms with E-state index in [2.05, 4.69) is 15.3 Å². The Morgan fingerprint density at radius 1 is 1.35 bits per heavy atom. The summed E-state index contributed by atoms with van der Waals surface area (Å²) in [5, 5.41) is 3.19. The van der Waals surface area contributed by atoms with E-state index < -0.39 is 0 Å². The third kappa shape index (κ3) is 2.57. The number of nitrogens with one attached hydrogen (secondary N) is 1. The van der Waals surface area contributed by atoms with Gasteiger partial charge in [0, 0.05) is 17.3 Å². The predicted octanol–water partition coefficient (Wildman–Crippen LogP) is 2.51. The van der Waals surface area contributed by atoms with Crippen LogP contribution in [0.1, 0.15) is 16.6 Å². The molecule has 17 heavy (non-hydrogen) atoms. The van der Waals surface area contributed by atoms with Crippen molar-refractivity contribution in [2.45, 2.75) is 6.04 Å². The lowest BCUT2D eigenvalue weighted by Gasteiger charge is -2.15. The van der Waals surface area contributed by atoms with Gasteiger partial charge in [-0.25, -0.2) is 4.98 Å². The fraction of sp³-hybridized carbons (Fsp3) is 0.273. The van der Waals surface area contributed by atoms with E-state index in [9.17, 15) is 0 Å². The lowest BCUT2D eigenvalue weighted by Crippen LogP contribution is -2.19. The summed E-state index contributed by atoms with van der Waals surface area (Å²) < 4.78 is 5.97. The number of hydrogen-bond acceptors (Lipinski definition) is 5. The summed E-state index contributed by atoms with van der Waals surface area (Å²) in [7, 11) is 3.45. The maximum atomic E-state index is 5.95. The molecule has 90 valence electrons. The fourth-order valence-corrected chi connectivity index (χ4v) is 2.76. The molecule has 0 saturated carbocycles.